The zero-order valence-corrected chi connectivity index (χ0v) is 10.9. The van der Waals surface area contributed by atoms with E-state index in [-0.39, 0.29) is 5.91 Å². The number of nitrogens with zero attached hydrogens (tertiary/aromatic N) is 1. The normalized spacial score (nSPS) is 21.8. The monoisotopic (exact) mass is 227 g/mol. The minimum atomic E-state index is -0.530. The van der Waals surface area contributed by atoms with Crippen molar-refractivity contribution in [2.24, 2.45) is 11.7 Å². The van der Waals surface area contributed by atoms with Gasteiger partial charge in [0.2, 0.25) is 5.91 Å². The highest BCUT2D eigenvalue weighted by Gasteiger charge is 2.49. The lowest BCUT2D eigenvalue weighted by molar-refractivity contribution is -0.126. The fourth-order valence-corrected chi connectivity index (χ4v) is 2.25. The fourth-order valence-electron chi connectivity index (χ4n) is 2.25. The van der Waals surface area contributed by atoms with Crippen LogP contribution < -0.4 is 11.1 Å². The molecule has 1 aliphatic rings. The summed E-state index contributed by atoms with van der Waals surface area (Å²) in [6.07, 6.45) is 3.30. The number of rotatable bonds is 7. The smallest absolute Gasteiger partial charge is 0.239 e. The number of primary amides is 1. The van der Waals surface area contributed by atoms with E-state index in [2.05, 4.69) is 31.1 Å². The zero-order chi connectivity index (χ0) is 12.3. The van der Waals surface area contributed by atoms with Gasteiger partial charge in [-0.15, -0.1) is 0 Å². The molecule has 1 rings (SSSR count). The van der Waals surface area contributed by atoms with Crippen LogP contribution in [0.25, 0.3) is 0 Å². The molecule has 1 amide bonds. The van der Waals surface area contributed by atoms with Gasteiger partial charge in [0, 0.05) is 12.6 Å². The van der Waals surface area contributed by atoms with Gasteiger partial charge in [-0.25, -0.2) is 0 Å². The molecule has 0 saturated heterocycles. The average molecular weight is 227 g/mol. The summed E-state index contributed by atoms with van der Waals surface area (Å²) in [7, 11) is 3.90. The molecule has 0 radical (unpaired) electrons. The first-order valence-electron chi connectivity index (χ1n) is 6.17. The van der Waals surface area contributed by atoms with Crippen LogP contribution in [0, 0.1) is 5.92 Å². The Hall–Kier alpha value is -0.610. The number of carbonyl (C=O) groups is 1. The summed E-state index contributed by atoms with van der Waals surface area (Å²) in [5.74, 6) is 0.203. The van der Waals surface area contributed by atoms with Crippen LogP contribution in [-0.4, -0.2) is 43.0 Å². The Labute approximate surface area is 98.6 Å². The molecule has 1 aliphatic carbocycles. The van der Waals surface area contributed by atoms with Crippen molar-refractivity contribution in [1.29, 1.82) is 0 Å². The summed E-state index contributed by atoms with van der Waals surface area (Å²) in [4.78, 5) is 13.9. The maximum atomic E-state index is 11.7. The van der Waals surface area contributed by atoms with E-state index in [1.807, 2.05) is 7.05 Å². The molecule has 0 heterocycles. The van der Waals surface area contributed by atoms with Gasteiger partial charge in [-0.05, 0) is 46.2 Å². The summed E-state index contributed by atoms with van der Waals surface area (Å²) in [6, 6.07) is 0.478. The first-order valence-corrected chi connectivity index (χ1v) is 6.17. The average Bonchev–Trinajstić information content (AvgIpc) is 3.08. The first kappa shape index (κ1) is 13.5. The second-order valence-corrected chi connectivity index (χ2v) is 5.03. The molecule has 2 atom stereocenters. The Morgan fingerprint density at radius 3 is 2.50 bits per heavy atom. The van der Waals surface area contributed by atoms with Crippen molar-refractivity contribution in [2.45, 2.75) is 44.7 Å². The lowest BCUT2D eigenvalue weighted by Crippen LogP contribution is -2.62. The first-order chi connectivity index (χ1) is 7.47. The third-order valence-corrected chi connectivity index (χ3v) is 4.00. The van der Waals surface area contributed by atoms with E-state index in [1.54, 1.807) is 0 Å². The van der Waals surface area contributed by atoms with Gasteiger partial charge in [-0.3, -0.25) is 4.79 Å². The summed E-state index contributed by atoms with van der Waals surface area (Å²) >= 11 is 0. The molecular formula is C12H25N3O. The van der Waals surface area contributed by atoms with Crippen LogP contribution in [0.15, 0.2) is 0 Å². The van der Waals surface area contributed by atoms with E-state index in [4.69, 9.17) is 5.73 Å². The molecule has 0 aromatic heterocycles. The Balaban J connectivity index is 2.73. The lowest BCUT2D eigenvalue weighted by Gasteiger charge is -2.36. The van der Waals surface area contributed by atoms with Crippen molar-refractivity contribution in [2.75, 3.05) is 20.6 Å². The van der Waals surface area contributed by atoms with Gasteiger partial charge >= 0.3 is 0 Å². The number of nitrogens with two attached hydrogens (primary N) is 1. The molecular weight excluding hydrogens is 202 g/mol. The van der Waals surface area contributed by atoms with Gasteiger partial charge in [0.05, 0.1) is 0 Å². The molecule has 0 aromatic rings. The van der Waals surface area contributed by atoms with Gasteiger partial charge in [-0.2, -0.15) is 0 Å². The van der Waals surface area contributed by atoms with Crippen molar-refractivity contribution in [3.63, 3.8) is 0 Å². The lowest BCUT2D eigenvalue weighted by atomic mass is 9.91. The van der Waals surface area contributed by atoms with Crippen molar-refractivity contribution >= 4 is 5.91 Å². The molecule has 4 heteroatoms. The SMILES string of the molecule is CCC(C)N(C)CC(NC)(C(N)=O)C1CC1. The Morgan fingerprint density at radius 1 is 1.62 bits per heavy atom. The van der Waals surface area contributed by atoms with Gasteiger partial charge < -0.3 is 16.0 Å². The van der Waals surface area contributed by atoms with E-state index in [0.29, 0.717) is 18.5 Å². The highest BCUT2D eigenvalue weighted by Crippen LogP contribution is 2.40. The third-order valence-electron chi connectivity index (χ3n) is 4.00. The molecule has 2 unspecified atom stereocenters. The van der Waals surface area contributed by atoms with Crippen molar-refractivity contribution in [3.8, 4) is 0 Å². The van der Waals surface area contributed by atoms with E-state index < -0.39 is 5.54 Å². The summed E-state index contributed by atoms with van der Waals surface area (Å²) < 4.78 is 0. The molecule has 0 spiro atoms. The highest BCUT2D eigenvalue weighted by atomic mass is 16.1. The molecule has 3 N–H and O–H groups in total. The number of carbonyl (C=O) groups excluding carboxylic acids is 1. The Kier molecular flexibility index (Phi) is 4.33. The van der Waals surface area contributed by atoms with Gasteiger partial charge in [-0.1, -0.05) is 6.92 Å². The van der Waals surface area contributed by atoms with Gasteiger partial charge in [0.15, 0.2) is 0 Å². The van der Waals surface area contributed by atoms with Gasteiger partial charge in [0.25, 0.3) is 0 Å². The molecule has 1 fully saturated rings. The predicted molar refractivity (Wildman–Crippen MR) is 66.1 cm³/mol. The quantitative estimate of drug-likeness (QED) is 0.668. The van der Waals surface area contributed by atoms with Crippen LogP contribution in [0.3, 0.4) is 0 Å². The summed E-state index contributed by atoms with van der Waals surface area (Å²) in [5.41, 5.74) is 5.06. The fraction of sp³-hybridized carbons (Fsp3) is 0.917. The van der Waals surface area contributed by atoms with E-state index in [9.17, 15) is 4.79 Å². The number of nitrogens with one attached hydrogen (secondary N) is 1. The highest BCUT2D eigenvalue weighted by molar-refractivity contribution is 5.85. The van der Waals surface area contributed by atoms with E-state index in [1.165, 1.54) is 0 Å². The van der Waals surface area contributed by atoms with E-state index >= 15 is 0 Å². The molecule has 94 valence electrons. The van der Waals surface area contributed by atoms with Crippen LogP contribution >= 0.6 is 0 Å². The minimum Gasteiger partial charge on any atom is -0.368 e. The van der Waals surface area contributed by atoms with Crippen molar-refractivity contribution in [3.05, 3.63) is 0 Å². The third kappa shape index (κ3) is 2.55. The summed E-state index contributed by atoms with van der Waals surface area (Å²) in [6.45, 7) is 5.04. The standard InChI is InChI=1S/C12H25N3O/c1-5-9(2)15(4)8-12(14-3,11(13)16)10-6-7-10/h9-10,14H,5-8H2,1-4H3,(H2,13,16). The number of amides is 1. The molecule has 0 aromatic carbocycles. The summed E-state index contributed by atoms with van der Waals surface area (Å²) in [5, 5.41) is 3.17. The largest absolute Gasteiger partial charge is 0.368 e. The molecule has 0 aliphatic heterocycles. The number of hydrogen-bond acceptors (Lipinski definition) is 3. The van der Waals surface area contributed by atoms with Crippen LogP contribution in [0.4, 0.5) is 0 Å². The van der Waals surface area contributed by atoms with E-state index in [0.717, 1.165) is 19.3 Å². The predicted octanol–water partition coefficient (Wildman–Crippen LogP) is 0.570. The maximum absolute atomic E-state index is 11.7. The van der Waals surface area contributed by atoms with Crippen molar-refractivity contribution in [1.82, 2.24) is 10.2 Å². The topological polar surface area (TPSA) is 58.4 Å². The second kappa shape index (κ2) is 5.15. The van der Waals surface area contributed by atoms with Crippen LogP contribution in [-0.2, 0) is 4.79 Å². The second-order valence-electron chi connectivity index (χ2n) is 5.03. The van der Waals surface area contributed by atoms with Crippen molar-refractivity contribution < 1.29 is 4.79 Å². The number of likely N-dealkylation sites (N-methyl/N-ethyl adjacent to an activating group) is 2. The maximum Gasteiger partial charge on any atom is 0.239 e. The molecule has 16 heavy (non-hydrogen) atoms. The molecule has 4 nitrogen and oxygen atoms in total. The Bertz CT molecular complexity index is 253. The number of hydrogen-bond donors (Lipinski definition) is 2. The minimum absolute atomic E-state index is 0.215. The van der Waals surface area contributed by atoms with Gasteiger partial charge in [0.1, 0.15) is 5.54 Å². The van der Waals surface area contributed by atoms with Crippen LogP contribution in [0.2, 0.25) is 0 Å². The Morgan fingerprint density at radius 2 is 2.19 bits per heavy atom. The van der Waals surface area contributed by atoms with Crippen LogP contribution in [0.1, 0.15) is 33.1 Å². The molecule has 0 bridgehead atoms. The molecule has 1 saturated carbocycles. The van der Waals surface area contributed by atoms with Crippen LogP contribution in [0.5, 0.6) is 0 Å². The zero-order valence-electron chi connectivity index (χ0n) is 10.9.